The Bertz CT molecular complexity index is 720. The van der Waals surface area contributed by atoms with Crippen molar-refractivity contribution in [3.05, 3.63) is 63.7 Å². The van der Waals surface area contributed by atoms with Crippen LogP contribution in [0.5, 0.6) is 0 Å². The summed E-state index contributed by atoms with van der Waals surface area (Å²) in [6, 6.07) is 15.4. The van der Waals surface area contributed by atoms with Crippen molar-refractivity contribution in [2.75, 3.05) is 5.32 Å². The fourth-order valence-corrected chi connectivity index (χ4v) is 3.56. The van der Waals surface area contributed by atoms with Crippen molar-refractivity contribution in [3.8, 4) is 0 Å². The summed E-state index contributed by atoms with van der Waals surface area (Å²) < 4.78 is 15.9. The Morgan fingerprint density at radius 1 is 1.15 bits per heavy atom. The highest BCUT2D eigenvalue weighted by atomic mass is 79.9. The zero-order valence-corrected chi connectivity index (χ0v) is 13.3. The predicted molar refractivity (Wildman–Crippen MR) is 88.0 cm³/mol. The second kappa shape index (κ2) is 5.54. The van der Waals surface area contributed by atoms with Crippen molar-refractivity contribution in [2.24, 2.45) is 0 Å². The smallest absolute Gasteiger partial charge is 0.146 e. The predicted octanol–water partition coefficient (Wildman–Crippen LogP) is 5.98. The van der Waals surface area contributed by atoms with Crippen molar-refractivity contribution >= 4 is 43.0 Å². The van der Waals surface area contributed by atoms with Gasteiger partial charge in [0.1, 0.15) is 5.82 Å². The fourth-order valence-electron chi connectivity index (χ4n) is 2.13. The fraction of sp³-hybridized carbons (Fsp3) is 0.125. The molecular weight excluding hydrogens is 337 g/mol. The molecule has 1 N–H and O–H groups in total. The van der Waals surface area contributed by atoms with Gasteiger partial charge in [-0.15, -0.1) is 11.3 Å². The standard InChI is InChI=1S/C16H13BrFNS/c1-10(19-14-9-12(17)6-7-13(14)18)16-8-11-4-2-3-5-15(11)20-16/h2-10,19H,1H3. The normalized spacial score (nSPS) is 12.6. The van der Waals surface area contributed by atoms with Crippen LogP contribution in [0.2, 0.25) is 0 Å². The second-order valence-electron chi connectivity index (χ2n) is 4.68. The maximum absolute atomic E-state index is 13.8. The molecule has 1 heterocycles. The highest BCUT2D eigenvalue weighted by Gasteiger charge is 2.11. The Hall–Kier alpha value is -1.39. The molecule has 4 heteroatoms. The minimum atomic E-state index is -0.235. The molecule has 0 aliphatic heterocycles. The average Bonchev–Trinajstić information content (AvgIpc) is 2.87. The van der Waals surface area contributed by atoms with E-state index in [4.69, 9.17) is 0 Å². The van der Waals surface area contributed by atoms with E-state index < -0.39 is 0 Å². The number of benzene rings is 2. The first kappa shape index (κ1) is 13.6. The lowest BCUT2D eigenvalue weighted by molar-refractivity contribution is 0.627. The van der Waals surface area contributed by atoms with Crippen LogP contribution in [-0.4, -0.2) is 0 Å². The highest BCUT2D eigenvalue weighted by Crippen LogP contribution is 2.32. The Balaban J connectivity index is 1.88. The van der Waals surface area contributed by atoms with E-state index in [2.05, 4.69) is 39.4 Å². The molecule has 0 radical (unpaired) electrons. The van der Waals surface area contributed by atoms with E-state index in [1.807, 2.05) is 19.1 Å². The van der Waals surface area contributed by atoms with Gasteiger partial charge in [0.05, 0.1) is 11.7 Å². The van der Waals surface area contributed by atoms with Crippen LogP contribution in [-0.2, 0) is 0 Å². The van der Waals surface area contributed by atoms with Gasteiger partial charge in [-0.3, -0.25) is 0 Å². The molecule has 0 aliphatic rings. The maximum atomic E-state index is 13.8. The number of hydrogen-bond acceptors (Lipinski definition) is 2. The summed E-state index contributed by atoms with van der Waals surface area (Å²) in [5, 5.41) is 4.47. The number of anilines is 1. The van der Waals surface area contributed by atoms with E-state index in [1.165, 1.54) is 21.0 Å². The molecule has 20 heavy (non-hydrogen) atoms. The van der Waals surface area contributed by atoms with Crippen LogP contribution < -0.4 is 5.32 Å². The number of thiophene rings is 1. The summed E-state index contributed by atoms with van der Waals surface area (Å²) in [4.78, 5) is 1.20. The molecule has 1 nitrogen and oxygen atoms in total. The van der Waals surface area contributed by atoms with E-state index in [-0.39, 0.29) is 11.9 Å². The van der Waals surface area contributed by atoms with Gasteiger partial charge in [-0.2, -0.15) is 0 Å². The Labute approximate surface area is 129 Å². The summed E-state index contributed by atoms with van der Waals surface area (Å²) in [5.41, 5.74) is 0.518. The van der Waals surface area contributed by atoms with Gasteiger partial charge in [-0.1, -0.05) is 34.1 Å². The molecule has 2 aromatic carbocycles. The van der Waals surface area contributed by atoms with Crippen molar-refractivity contribution in [2.45, 2.75) is 13.0 Å². The number of rotatable bonds is 3. The van der Waals surface area contributed by atoms with Crippen molar-refractivity contribution < 1.29 is 4.39 Å². The summed E-state index contributed by atoms with van der Waals surface area (Å²) in [6.07, 6.45) is 0. The van der Waals surface area contributed by atoms with Crippen LogP contribution in [0, 0.1) is 5.82 Å². The lowest BCUT2D eigenvalue weighted by atomic mass is 10.2. The molecule has 0 aliphatic carbocycles. The van der Waals surface area contributed by atoms with Crippen LogP contribution in [0.15, 0.2) is 53.0 Å². The lowest BCUT2D eigenvalue weighted by Gasteiger charge is -2.14. The minimum Gasteiger partial charge on any atom is -0.375 e. The van der Waals surface area contributed by atoms with Crippen molar-refractivity contribution in [1.82, 2.24) is 0 Å². The summed E-state index contributed by atoms with van der Waals surface area (Å²) in [6.45, 7) is 2.05. The van der Waals surface area contributed by atoms with Gasteiger partial charge >= 0.3 is 0 Å². The van der Waals surface area contributed by atoms with Crippen molar-refractivity contribution in [1.29, 1.82) is 0 Å². The zero-order chi connectivity index (χ0) is 14.1. The van der Waals surface area contributed by atoms with Gasteiger partial charge in [0.15, 0.2) is 0 Å². The Morgan fingerprint density at radius 3 is 2.75 bits per heavy atom. The molecule has 102 valence electrons. The molecule has 0 bridgehead atoms. The van der Waals surface area contributed by atoms with Gasteiger partial charge in [-0.25, -0.2) is 4.39 Å². The third kappa shape index (κ3) is 2.72. The van der Waals surface area contributed by atoms with Crippen LogP contribution in [0.1, 0.15) is 17.8 Å². The molecule has 3 rings (SSSR count). The highest BCUT2D eigenvalue weighted by molar-refractivity contribution is 9.10. The molecule has 0 saturated heterocycles. The van der Waals surface area contributed by atoms with Gasteiger partial charge < -0.3 is 5.32 Å². The van der Waals surface area contributed by atoms with Gasteiger partial charge in [0, 0.05) is 14.0 Å². The molecular formula is C16H13BrFNS. The molecule has 1 atom stereocenters. The third-order valence-electron chi connectivity index (χ3n) is 3.17. The molecule has 0 amide bonds. The molecule has 1 unspecified atom stereocenters. The van der Waals surface area contributed by atoms with Crippen LogP contribution in [0.4, 0.5) is 10.1 Å². The lowest BCUT2D eigenvalue weighted by Crippen LogP contribution is -2.06. The maximum Gasteiger partial charge on any atom is 0.146 e. The Kier molecular flexibility index (Phi) is 3.76. The summed E-state index contributed by atoms with van der Waals surface area (Å²) in [7, 11) is 0. The Morgan fingerprint density at radius 2 is 1.95 bits per heavy atom. The first-order valence-electron chi connectivity index (χ1n) is 6.33. The SMILES string of the molecule is CC(Nc1cc(Br)ccc1F)c1cc2ccccc2s1. The van der Waals surface area contributed by atoms with Gasteiger partial charge in [-0.05, 0) is 42.6 Å². The quantitative estimate of drug-likeness (QED) is 0.613. The monoisotopic (exact) mass is 349 g/mol. The van der Waals surface area contributed by atoms with E-state index in [0.29, 0.717) is 5.69 Å². The molecule has 1 aromatic heterocycles. The van der Waals surface area contributed by atoms with Crippen LogP contribution in [0.3, 0.4) is 0 Å². The van der Waals surface area contributed by atoms with Crippen LogP contribution >= 0.6 is 27.3 Å². The first-order valence-corrected chi connectivity index (χ1v) is 7.94. The molecule has 0 fully saturated rings. The second-order valence-corrected chi connectivity index (χ2v) is 6.71. The molecule has 0 saturated carbocycles. The number of hydrogen-bond donors (Lipinski definition) is 1. The number of fused-ring (bicyclic) bond motifs is 1. The summed E-state index contributed by atoms with van der Waals surface area (Å²) >= 11 is 5.10. The topological polar surface area (TPSA) is 12.0 Å². The first-order chi connectivity index (χ1) is 9.63. The van der Waals surface area contributed by atoms with E-state index >= 15 is 0 Å². The number of nitrogens with one attached hydrogen (secondary N) is 1. The largest absolute Gasteiger partial charge is 0.375 e. The van der Waals surface area contributed by atoms with Gasteiger partial charge in [0.25, 0.3) is 0 Å². The number of halogens is 2. The van der Waals surface area contributed by atoms with Crippen molar-refractivity contribution in [3.63, 3.8) is 0 Å². The molecule has 0 spiro atoms. The minimum absolute atomic E-state index is 0.0659. The third-order valence-corrected chi connectivity index (χ3v) is 4.96. The summed E-state index contributed by atoms with van der Waals surface area (Å²) in [5.74, 6) is -0.235. The van der Waals surface area contributed by atoms with Crippen LogP contribution in [0.25, 0.3) is 10.1 Å². The molecule has 3 aromatic rings. The van der Waals surface area contributed by atoms with E-state index in [9.17, 15) is 4.39 Å². The zero-order valence-electron chi connectivity index (χ0n) is 10.9. The average molecular weight is 350 g/mol. The van der Waals surface area contributed by atoms with E-state index in [0.717, 1.165) is 4.47 Å². The van der Waals surface area contributed by atoms with E-state index in [1.54, 1.807) is 23.5 Å². The van der Waals surface area contributed by atoms with Gasteiger partial charge in [0.2, 0.25) is 0 Å².